The van der Waals surface area contributed by atoms with Gasteiger partial charge in [-0.3, -0.25) is 19.8 Å². The van der Waals surface area contributed by atoms with Crippen molar-refractivity contribution in [1.82, 2.24) is 10.2 Å². The zero-order chi connectivity index (χ0) is 11.7. The van der Waals surface area contributed by atoms with Crippen LogP contribution < -0.4 is 5.32 Å². The summed E-state index contributed by atoms with van der Waals surface area (Å²) in [4.78, 5) is 24.7. The molecule has 3 unspecified atom stereocenters. The van der Waals surface area contributed by atoms with Crippen molar-refractivity contribution in [2.24, 2.45) is 11.8 Å². The van der Waals surface area contributed by atoms with Gasteiger partial charge in [0, 0.05) is 6.04 Å². The van der Waals surface area contributed by atoms with Crippen molar-refractivity contribution in [3.63, 3.8) is 0 Å². The van der Waals surface area contributed by atoms with Crippen LogP contribution in [0.5, 0.6) is 0 Å². The maximum atomic E-state index is 11.3. The highest BCUT2D eigenvalue weighted by Gasteiger charge is 2.38. The SMILES string of the molecule is CCC1CCC(N2CC(=O)NC(=O)C2)C1C. The minimum absolute atomic E-state index is 0.150. The van der Waals surface area contributed by atoms with Crippen LogP contribution >= 0.6 is 0 Å². The molecule has 1 aliphatic heterocycles. The first-order valence-corrected chi connectivity index (χ1v) is 6.18. The van der Waals surface area contributed by atoms with Crippen LogP contribution in [-0.2, 0) is 9.59 Å². The van der Waals surface area contributed by atoms with Crippen molar-refractivity contribution in [2.75, 3.05) is 13.1 Å². The van der Waals surface area contributed by atoms with Crippen LogP contribution in [0.15, 0.2) is 0 Å². The molecular weight excluding hydrogens is 204 g/mol. The Morgan fingerprint density at radius 2 is 1.88 bits per heavy atom. The summed E-state index contributed by atoms with van der Waals surface area (Å²) in [6.07, 6.45) is 3.56. The molecule has 1 aliphatic carbocycles. The van der Waals surface area contributed by atoms with Crippen LogP contribution in [0.2, 0.25) is 0 Å². The van der Waals surface area contributed by atoms with Gasteiger partial charge >= 0.3 is 0 Å². The average Bonchev–Trinajstić information content (AvgIpc) is 2.58. The van der Waals surface area contributed by atoms with Gasteiger partial charge < -0.3 is 0 Å². The standard InChI is InChI=1S/C12H20N2O2/c1-3-9-4-5-10(8(9)2)14-6-11(15)13-12(16)7-14/h8-10H,3-7H2,1-2H3,(H,13,15,16). The van der Waals surface area contributed by atoms with Gasteiger partial charge in [0.05, 0.1) is 13.1 Å². The number of imide groups is 1. The minimum Gasteiger partial charge on any atom is -0.294 e. The van der Waals surface area contributed by atoms with Crippen molar-refractivity contribution in [2.45, 2.75) is 39.2 Å². The molecule has 4 heteroatoms. The smallest absolute Gasteiger partial charge is 0.240 e. The highest BCUT2D eigenvalue weighted by Crippen LogP contribution is 2.36. The fourth-order valence-electron chi connectivity index (χ4n) is 3.21. The van der Waals surface area contributed by atoms with Crippen LogP contribution in [0.25, 0.3) is 0 Å². The van der Waals surface area contributed by atoms with Crippen molar-refractivity contribution < 1.29 is 9.59 Å². The Morgan fingerprint density at radius 1 is 1.25 bits per heavy atom. The van der Waals surface area contributed by atoms with Crippen LogP contribution in [-0.4, -0.2) is 35.8 Å². The van der Waals surface area contributed by atoms with Gasteiger partial charge in [-0.1, -0.05) is 20.3 Å². The fraction of sp³-hybridized carbons (Fsp3) is 0.833. The van der Waals surface area contributed by atoms with Gasteiger partial charge in [-0.05, 0) is 24.7 Å². The molecule has 90 valence electrons. The van der Waals surface area contributed by atoms with E-state index in [-0.39, 0.29) is 11.8 Å². The molecule has 4 nitrogen and oxygen atoms in total. The molecule has 3 atom stereocenters. The van der Waals surface area contributed by atoms with E-state index in [0.29, 0.717) is 25.0 Å². The molecule has 0 spiro atoms. The Labute approximate surface area is 96.4 Å². The van der Waals surface area contributed by atoms with Gasteiger partial charge in [0.25, 0.3) is 0 Å². The van der Waals surface area contributed by atoms with Gasteiger partial charge in [0.1, 0.15) is 0 Å². The lowest BCUT2D eigenvalue weighted by atomic mass is 9.92. The molecule has 0 aromatic carbocycles. The molecule has 2 rings (SSSR count). The number of rotatable bonds is 2. The topological polar surface area (TPSA) is 49.4 Å². The van der Waals surface area contributed by atoms with E-state index in [4.69, 9.17) is 0 Å². The van der Waals surface area contributed by atoms with E-state index in [1.165, 1.54) is 12.8 Å². The molecule has 16 heavy (non-hydrogen) atoms. The molecule has 1 N–H and O–H groups in total. The predicted molar refractivity (Wildman–Crippen MR) is 60.7 cm³/mol. The number of nitrogens with zero attached hydrogens (tertiary/aromatic N) is 1. The van der Waals surface area contributed by atoms with Gasteiger partial charge in [-0.15, -0.1) is 0 Å². The lowest BCUT2D eigenvalue weighted by molar-refractivity contribution is -0.137. The van der Waals surface area contributed by atoms with Gasteiger partial charge in [0.15, 0.2) is 0 Å². The van der Waals surface area contributed by atoms with Crippen molar-refractivity contribution in [3.05, 3.63) is 0 Å². The maximum absolute atomic E-state index is 11.3. The summed E-state index contributed by atoms with van der Waals surface area (Å²) in [7, 11) is 0. The molecular formula is C12H20N2O2. The number of carbonyl (C=O) groups is 2. The first-order chi connectivity index (χ1) is 7.61. The summed E-state index contributed by atoms with van der Waals surface area (Å²) in [5.74, 6) is 1.06. The summed E-state index contributed by atoms with van der Waals surface area (Å²) in [6.45, 7) is 5.24. The Bertz CT molecular complexity index is 287. The first-order valence-electron chi connectivity index (χ1n) is 6.18. The molecule has 1 heterocycles. The Balaban J connectivity index is 2.02. The zero-order valence-electron chi connectivity index (χ0n) is 10.0. The predicted octanol–water partition coefficient (Wildman–Crippen LogP) is 0.770. The second-order valence-electron chi connectivity index (χ2n) is 5.05. The number of hydrogen-bond acceptors (Lipinski definition) is 3. The fourth-order valence-corrected chi connectivity index (χ4v) is 3.21. The second kappa shape index (κ2) is 4.53. The molecule has 1 saturated carbocycles. The third-order valence-corrected chi connectivity index (χ3v) is 4.15. The quantitative estimate of drug-likeness (QED) is 0.705. The van der Waals surface area contributed by atoms with Crippen molar-refractivity contribution in [3.8, 4) is 0 Å². The van der Waals surface area contributed by atoms with E-state index in [1.807, 2.05) is 0 Å². The van der Waals surface area contributed by atoms with Gasteiger partial charge in [0.2, 0.25) is 11.8 Å². The van der Waals surface area contributed by atoms with E-state index < -0.39 is 0 Å². The monoisotopic (exact) mass is 224 g/mol. The summed E-state index contributed by atoms with van der Waals surface area (Å²) in [6, 6.07) is 0.417. The molecule has 0 aromatic heterocycles. The number of piperazine rings is 1. The Hall–Kier alpha value is -0.900. The molecule has 0 bridgehead atoms. The molecule has 2 aliphatic rings. The lowest BCUT2D eigenvalue weighted by Crippen LogP contribution is -2.55. The summed E-state index contributed by atoms with van der Waals surface area (Å²) in [5, 5.41) is 2.35. The first kappa shape index (κ1) is 11.6. The van der Waals surface area contributed by atoms with E-state index in [0.717, 1.165) is 12.3 Å². The highest BCUT2D eigenvalue weighted by atomic mass is 16.2. The molecule has 0 radical (unpaired) electrons. The second-order valence-corrected chi connectivity index (χ2v) is 5.05. The summed E-state index contributed by atoms with van der Waals surface area (Å²) < 4.78 is 0. The van der Waals surface area contributed by atoms with E-state index >= 15 is 0 Å². The average molecular weight is 224 g/mol. The number of hydrogen-bond donors (Lipinski definition) is 1. The number of amides is 2. The lowest BCUT2D eigenvalue weighted by Gasteiger charge is -2.34. The Morgan fingerprint density at radius 3 is 2.38 bits per heavy atom. The third kappa shape index (κ3) is 2.12. The molecule has 0 aromatic rings. The van der Waals surface area contributed by atoms with E-state index in [9.17, 15) is 9.59 Å². The van der Waals surface area contributed by atoms with Crippen LogP contribution in [0, 0.1) is 11.8 Å². The largest absolute Gasteiger partial charge is 0.294 e. The van der Waals surface area contributed by atoms with Gasteiger partial charge in [-0.25, -0.2) is 0 Å². The van der Waals surface area contributed by atoms with Gasteiger partial charge in [-0.2, -0.15) is 0 Å². The number of nitrogens with one attached hydrogen (secondary N) is 1. The number of carbonyl (C=O) groups excluding carboxylic acids is 2. The molecule has 1 saturated heterocycles. The van der Waals surface area contributed by atoms with Crippen LogP contribution in [0.3, 0.4) is 0 Å². The Kier molecular flexibility index (Phi) is 3.28. The van der Waals surface area contributed by atoms with E-state index in [1.54, 1.807) is 0 Å². The van der Waals surface area contributed by atoms with Crippen LogP contribution in [0.4, 0.5) is 0 Å². The normalized spacial score (nSPS) is 36.5. The molecule has 2 amide bonds. The zero-order valence-corrected chi connectivity index (χ0v) is 10.0. The van der Waals surface area contributed by atoms with Crippen LogP contribution in [0.1, 0.15) is 33.1 Å². The third-order valence-electron chi connectivity index (χ3n) is 4.15. The maximum Gasteiger partial charge on any atom is 0.240 e. The summed E-state index contributed by atoms with van der Waals surface area (Å²) in [5.41, 5.74) is 0. The van der Waals surface area contributed by atoms with Crippen molar-refractivity contribution in [1.29, 1.82) is 0 Å². The van der Waals surface area contributed by atoms with Crippen molar-refractivity contribution >= 4 is 11.8 Å². The summed E-state index contributed by atoms with van der Waals surface area (Å²) >= 11 is 0. The van der Waals surface area contributed by atoms with E-state index in [2.05, 4.69) is 24.1 Å². The molecule has 2 fully saturated rings. The minimum atomic E-state index is -0.150. The highest BCUT2D eigenvalue weighted by molar-refractivity contribution is 5.99.